The van der Waals surface area contributed by atoms with Crippen LogP contribution in [0.3, 0.4) is 0 Å². The topological polar surface area (TPSA) is 61.8 Å². The van der Waals surface area contributed by atoms with Crippen LogP contribution in [0.1, 0.15) is 56.8 Å². The third-order valence-corrected chi connectivity index (χ3v) is 5.18. The van der Waals surface area contributed by atoms with Crippen molar-refractivity contribution in [2.75, 3.05) is 32.8 Å². The minimum Gasteiger partial charge on any atom is -0.494 e. The van der Waals surface area contributed by atoms with Crippen LogP contribution in [0.2, 0.25) is 0 Å². The number of ether oxygens (including phenoxy) is 1. The number of hydrogen-bond donors (Lipinski definition) is 2. The van der Waals surface area contributed by atoms with Gasteiger partial charge in [0.2, 0.25) is 0 Å². The standard InChI is InChI=1S/C21H34N2O3/c1-17-6-4-12-23(17)13-5-15-26-19-9-7-18(8-10-19)20(25)22-16-21(2,3)11-14-24/h7-10,17,24H,4-6,11-16H2,1-3H3,(H,22,25). The van der Waals surface area contributed by atoms with Crippen molar-refractivity contribution in [1.82, 2.24) is 10.2 Å². The number of aliphatic hydroxyl groups excluding tert-OH is 1. The van der Waals surface area contributed by atoms with Crippen LogP contribution in [-0.4, -0.2) is 54.8 Å². The first kappa shape index (κ1) is 20.7. The molecule has 0 aliphatic carbocycles. The van der Waals surface area contributed by atoms with Crippen molar-refractivity contribution in [2.24, 2.45) is 5.41 Å². The fourth-order valence-corrected chi connectivity index (χ4v) is 3.30. The van der Waals surface area contributed by atoms with E-state index in [1.807, 2.05) is 26.0 Å². The van der Waals surface area contributed by atoms with Crippen molar-refractivity contribution in [2.45, 2.75) is 52.5 Å². The third-order valence-electron chi connectivity index (χ3n) is 5.18. The van der Waals surface area contributed by atoms with Crippen molar-refractivity contribution >= 4 is 5.91 Å². The number of carbonyl (C=O) groups excluding carboxylic acids is 1. The van der Waals surface area contributed by atoms with E-state index in [9.17, 15) is 4.79 Å². The lowest BCUT2D eigenvalue weighted by Crippen LogP contribution is -2.34. The largest absolute Gasteiger partial charge is 0.494 e. The van der Waals surface area contributed by atoms with Crippen molar-refractivity contribution in [3.63, 3.8) is 0 Å². The Morgan fingerprint density at radius 1 is 1.35 bits per heavy atom. The summed E-state index contributed by atoms with van der Waals surface area (Å²) in [5, 5.41) is 12.0. The Labute approximate surface area is 157 Å². The van der Waals surface area contributed by atoms with E-state index >= 15 is 0 Å². The lowest BCUT2D eigenvalue weighted by atomic mass is 9.89. The lowest BCUT2D eigenvalue weighted by Gasteiger charge is -2.23. The van der Waals surface area contributed by atoms with Gasteiger partial charge >= 0.3 is 0 Å². The summed E-state index contributed by atoms with van der Waals surface area (Å²) in [6.45, 7) is 10.0. The summed E-state index contributed by atoms with van der Waals surface area (Å²) >= 11 is 0. The molecule has 1 aromatic rings. The van der Waals surface area contributed by atoms with Gasteiger partial charge in [0.25, 0.3) is 5.91 Å². The number of nitrogens with one attached hydrogen (secondary N) is 1. The van der Waals surface area contributed by atoms with Crippen LogP contribution in [0.25, 0.3) is 0 Å². The molecule has 1 aromatic carbocycles. The van der Waals surface area contributed by atoms with Gasteiger partial charge in [0.1, 0.15) is 5.75 Å². The van der Waals surface area contributed by atoms with Crippen LogP contribution in [0, 0.1) is 5.41 Å². The highest BCUT2D eigenvalue weighted by molar-refractivity contribution is 5.94. The lowest BCUT2D eigenvalue weighted by molar-refractivity contribution is 0.0928. The number of amides is 1. The molecule has 0 saturated carbocycles. The molecule has 1 aliphatic rings. The van der Waals surface area contributed by atoms with E-state index in [4.69, 9.17) is 9.84 Å². The highest BCUT2D eigenvalue weighted by Gasteiger charge is 2.19. The molecule has 0 radical (unpaired) electrons. The molecule has 2 N–H and O–H groups in total. The Bertz CT molecular complexity index is 557. The summed E-state index contributed by atoms with van der Waals surface area (Å²) in [6.07, 6.45) is 4.30. The number of rotatable bonds is 10. The second-order valence-electron chi connectivity index (χ2n) is 8.07. The highest BCUT2D eigenvalue weighted by atomic mass is 16.5. The molecule has 2 rings (SSSR count). The van der Waals surface area contributed by atoms with E-state index in [1.165, 1.54) is 19.4 Å². The van der Waals surface area contributed by atoms with Crippen LogP contribution in [-0.2, 0) is 0 Å². The summed E-state index contributed by atoms with van der Waals surface area (Å²) in [6, 6.07) is 8.01. The quantitative estimate of drug-likeness (QED) is 0.628. The molecule has 1 saturated heterocycles. The first-order valence-corrected chi connectivity index (χ1v) is 9.77. The zero-order valence-corrected chi connectivity index (χ0v) is 16.5. The molecule has 1 amide bonds. The Hall–Kier alpha value is -1.59. The van der Waals surface area contributed by atoms with Crippen LogP contribution in [0.5, 0.6) is 5.75 Å². The maximum Gasteiger partial charge on any atom is 0.251 e. The van der Waals surface area contributed by atoms with Crippen molar-refractivity contribution in [3.05, 3.63) is 29.8 Å². The van der Waals surface area contributed by atoms with Gasteiger partial charge in [-0.15, -0.1) is 0 Å². The smallest absolute Gasteiger partial charge is 0.251 e. The van der Waals surface area contributed by atoms with Crippen LogP contribution in [0.4, 0.5) is 0 Å². The molecular formula is C21H34N2O3. The van der Waals surface area contributed by atoms with Gasteiger partial charge in [-0.3, -0.25) is 4.79 Å². The van der Waals surface area contributed by atoms with Gasteiger partial charge in [-0.25, -0.2) is 0 Å². The van der Waals surface area contributed by atoms with Crippen molar-refractivity contribution in [1.29, 1.82) is 0 Å². The maximum atomic E-state index is 12.2. The van der Waals surface area contributed by atoms with E-state index in [0.717, 1.165) is 18.7 Å². The average Bonchev–Trinajstić information content (AvgIpc) is 3.02. The molecule has 0 bridgehead atoms. The van der Waals surface area contributed by atoms with Crippen molar-refractivity contribution in [3.8, 4) is 5.75 Å². The number of carbonyl (C=O) groups is 1. The SMILES string of the molecule is CC1CCCN1CCCOc1ccc(C(=O)NCC(C)(C)CCO)cc1. The summed E-state index contributed by atoms with van der Waals surface area (Å²) in [7, 11) is 0. The molecule has 1 atom stereocenters. The molecule has 0 aromatic heterocycles. The van der Waals surface area contributed by atoms with Gasteiger partial charge in [0.05, 0.1) is 6.61 Å². The highest BCUT2D eigenvalue weighted by Crippen LogP contribution is 2.19. The van der Waals surface area contributed by atoms with E-state index < -0.39 is 0 Å². The van der Waals surface area contributed by atoms with Gasteiger partial charge < -0.3 is 20.1 Å². The molecule has 0 spiro atoms. The molecule has 1 aliphatic heterocycles. The first-order chi connectivity index (χ1) is 12.4. The molecule has 1 fully saturated rings. The number of benzene rings is 1. The van der Waals surface area contributed by atoms with Crippen molar-refractivity contribution < 1.29 is 14.6 Å². The maximum absolute atomic E-state index is 12.2. The average molecular weight is 363 g/mol. The molecule has 1 unspecified atom stereocenters. The molecule has 5 heteroatoms. The number of nitrogens with zero attached hydrogens (tertiary/aromatic N) is 1. The molecule has 5 nitrogen and oxygen atoms in total. The number of aliphatic hydroxyl groups is 1. The van der Waals surface area contributed by atoms with E-state index in [1.54, 1.807) is 12.1 Å². The zero-order chi connectivity index (χ0) is 19.0. The van der Waals surface area contributed by atoms with E-state index in [-0.39, 0.29) is 17.9 Å². The van der Waals surface area contributed by atoms with Gasteiger partial charge in [-0.1, -0.05) is 13.8 Å². The van der Waals surface area contributed by atoms with Gasteiger partial charge in [-0.2, -0.15) is 0 Å². The molecule has 1 heterocycles. The predicted molar refractivity (Wildman–Crippen MR) is 105 cm³/mol. The molecule has 146 valence electrons. The minimum absolute atomic E-state index is 0.0921. The Balaban J connectivity index is 1.70. The van der Waals surface area contributed by atoms with Gasteiger partial charge in [0, 0.05) is 31.3 Å². The summed E-state index contributed by atoms with van der Waals surface area (Å²) in [5.41, 5.74) is 0.517. The second kappa shape index (κ2) is 9.93. The molecule has 26 heavy (non-hydrogen) atoms. The second-order valence-corrected chi connectivity index (χ2v) is 8.07. The van der Waals surface area contributed by atoms with Gasteiger partial charge in [-0.05, 0) is 68.8 Å². The fraction of sp³-hybridized carbons (Fsp3) is 0.667. The minimum atomic E-state index is -0.111. The third kappa shape index (κ3) is 6.61. The Morgan fingerprint density at radius 2 is 2.08 bits per heavy atom. The zero-order valence-electron chi connectivity index (χ0n) is 16.5. The predicted octanol–water partition coefficient (Wildman–Crippen LogP) is 3.08. The Kier molecular flexibility index (Phi) is 7.91. The summed E-state index contributed by atoms with van der Waals surface area (Å²) < 4.78 is 5.80. The molecular weight excluding hydrogens is 328 g/mol. The Morgan fingerprint density at radius 3 is 2.69 bits per heavy atom. The first-order valence-electron chi connectivity index (χ1n) is 9.77. The van der Waals surface area contributed by atoms with Crippen LogP contribution < -0.4 is 10.1 Å². The summed E-state index contributed by atoms with van der Waals surface area (Å²) in [5.74, 6) is 0.710. The fourth-order valence-electron chi connectivity index (χ4n) is 3.30. The monoisotopic (exact) mass is 362 g/mol. The normalized spacial score (nSPS) is 18.1. The number of hydrogen-bond acceptors (Lipinski definition) is 4. The number of likely N-dealkylation sites (tertiary alicyclic amines) is 1. The van der Waals surface area contributed by atoms with Crippen LogP contribution >= 0.6 is 0 Å². The van der Waals surface area contributed by atoms with E-state index in [2.05, 4.69) is 17.1 Å². The van der Waals surface area contributed by atoms with E-state index in [0.29, 0.717) is 31.2 Å². The van der Waals surface area contributed by atoms with Gasteiger partial charge in [0.15, 0.2) is 0 Å². The summed E-state index contributed by atoms with van der Waals surface area (Å²) in [4.78, 5) is 14.7. The van der Waals surface area contributed by atoms with Crippen LogP contribution in [0.15, 0.2) is 24.3 Å².